The number of piperazine rings is 1. The quantitative estimate of drug-likeness (QED) is 0.439. The van der Waals surface area contributed by atoms with Gasteiger partial charge in [0.2, 0.25) is 11.6 Å². The van der Waals surface area contributed by atoms with E-state index >= 15 is 0 Å². The molecule has 0 bridgehead atoms. The summed E-state index contributed by atoms with van der Waals surface area (Å²) in [5, 5.41) is 42.1. The fourth-order valence-corrected chi connectivity index (χ4v) is 4.27. The molecular formula is C22H23N4O6-. The summed E-state index contributed by atoms with van der Waals surface area (Å²) in [5.41, 5.74) is -0.441. The van der Waals surface area contributed by atoms with Gasteiger partial charge in [0, 0.05) is 44.0 Å². The Balaban J connectivity index is 1.65. The van der Waals surface area contributed by atoms with Crippen molar-refractivity contribution in [2.24, 2.45) is 0 Å². The highest BCUT2D eigenvalue weighted by atomic mass is 16.8. The molecule has 10 heteroatoms. The van der Waals surface area contributed by atoms with Crippen LogP contribution in [0.25, 0.3) is 10.9 Å². The lowest BCUT2D eigenvalue weighted by Gasteiger charge is -2.47. The van der Waals surface area contributed by atoms with Crippen LogP contribution in [0.3, 0.4) is 0 Å². The number of hydrogen-bond donors (Lipinski definition) is 4. The highest BCUT2D eigenvalue weighted by Crippen LogP contribution is 2.33. The summed E-state index contributed by atoms with van der Waals surface area (Å²) in [4.78, 5) is 31.6. The molecule has 2 unspecified atom stereocenters. The molecule has 2 aromatic carbocycles. The van der Waals surface area contributed by atoms with E-state index in [9.17, 15) is 30.2 Å². The first-order chi connectivity index (χ1) is 15.1. The minimum Gasteiger partial charge on any atom is -0.733 e. The second-order valence-corrected chi connectivity index (χ2v) is 7.98. The largest absolute Gasteiger partial charge is 0.733 e. The number of amides is 2. The van der Waals surface area contributed by atoms with Crippen LogP contribution in [-0.2, 0) is 22.4 Å². The van der Waals surface area contributed by atoms with Gasteiger partial charge in [-0.3, -0.25) is 14.8 Å². The minimum atomic E-state index is -2.11. The van der Waals surface area contributed by atoms with Crippen LogP contribution in [0, 0.1) is 5.21 Å². The first-order valence-electron chi connectivity index (χ1n) is 9.94. The normalized spacial score (nSPS) is 21.5. The molecule has 0 saturated carbocycles. The SMILES string of the molecule is CN1C(=O)C(O)(Cc2cccc(O)c2)N(C)C(=O)C1Cc1c[nH]c2cccc(N([O-])O)c12. The molecule has 2 atom stereocenters. The van der Waals surface area contributed by atoms with Crippen molar-refractivity contribution in [3.05, 3.63) is 65.0 Å². The van der Waals surface area contributed by atoms with Crippen molar-refractivity contribution in [1.82, 2.24) is 14.8 Å². The summed E-state index contributed by atoms with van der Waals surface area (Å²) in [6, 6.07) is 9.98. The summed E-state index contributed by atoms with van der Waals surface area (Å²) in [5.74, 6) is -1.16. The topological polar surface area (TPSA) is 143 Å². The molecule has 1 aliphatic rings. The maximum absolute atomic E-state index is 13.2. The molecule has 0 radical (unpaired) electrons. The van der Waals surface area contributed by atoms with Gasteiger partial charge in [0.25, 0.3) is 5.91 Å². The number of nitrogens with zero attached hydrogens (tertiary/aromatic N) is 3. The molecule has 2 heterocycles. The third-order valence-corrected chi connectivity index (χ3v) is 6.05. The number of hydrogen-bond acceptors (Lipinski definition) is 7. The van der Waals surface area contributed by atoms with E-state index in [1.165, 1.54) is 37.2 Å². The maximum atomic E-state index is 13.2. The lowest BCUT2D eigenvalue weighted by atomic mass is 9.92. The van der Waals surface area contributed by atoms with Gasteiger partial charge in [-0.15, -0.1) is 0 Å². The zero-order valence-electron chi connectivity index (χ0n) is 17.5. The number of phenolic OH excluding ortho intramolecular Hbond substituents is 1. The number of rotatable bonds is 5. The summed E-state index contributed by atoms with van der Waals surface area (Å²) in [6.45, 7) is 0. The fourth-order valence-electron chi connectivity index (χ4n) is 4.27. The number of carbonyl (C=O) groups is 2. The molecule has 168 valence electrons. The first kappa shape index (κ1) is 21.6. The number of anilines is 1. The van der Waals surface area contributed by atoms with Crippen molar-refractivity contribution in [2.75, 3.05) is 19.3 Å². The second kappa shape index (κ2) is 7.83. The van der Waals surface area contributed by atoms with Gasteiger partial charge in [-0.25, -0.2) is 0 Å². The third kappa shape index (κ3) is 3.44. The average molecular weight is 439 g/mol. The number of fused-ring (bicyclic) bond motifs is 1. The Labute approximate surface area is 183 Å². The van der Waals surface area contributed by atoms with Crippen LogP contribution in [0.5, 0.6) is 5.75 Å². The molecule has 4 rings (SSSR count). The molecule has 0 spiro atoms. The van der Waals surface area contributed by atoms with Crippen LogP contribution in [0.1, 0.15) is 11.1 Å². The summed E-state index contributed by atoms with van der Waals surface area (Å²) in [7, 11) is 2.80. The van der Waals surface area contributed by atoms with Gasteiger partial charge in [-0.1, -0.05) is 18.2 Å². The van der Waals surface area contributed by atoms with E-state index in [-0.39, 0.29) is 29.5 Å². The van der Waals surface area contributed by atoms with Gasteiger partial charge in [-0.05, 0) is 35.4 Å². The molecule has 1 aliphatic heterocycles. The number of phenols is 1. The monoisotopic (exact) mass is 439 g/mol. The van der Waals surface area contributed by atoms with Crippen LogP contribution in [0.2, 0.25) is 0 Å². The van der Waals surface area contributed by atoms with E-state index in [0.29, 0.717) is 22.0 Å². The second-order valence-electron chi connectivity index (χ2n) is 7.98. The van der Waals surface area contributed by atoms with Gasteiger partial charge in [0.15, 0.2) is 0 Å². The smallest absolute Gasteiger partial charge is 0.276 e. The molecule has 10 nitrogen and oxygen atoms in total. The number of aromatic nitrogens is 1. The van der Waals surface area contributed by atoms with Crippen molar-refractivity contribution in [1.29, 1.82) is 0 Å². The molecule has 0 aliphatic carbocycles. The first-order valence-corrected chi connectivity index (χ1v) is 9.94. The third-order valence-electron chi connectivity index (χ3n) is 6.05. The van der Waals surface area contributed by atoms with Crippen LogP contribution >= 0.6 is 0 Å². The van der Waals surface area contributed by atoms with Gasteiger partial charge < -0.3 is 35.4 Å². The van der Waals surface area contributed by atoms with E-state index in [0.717, 1.165) is 4.90 Å². The van der Waals surface area contributed by atoms with E-state index in [1.807, 2.05) is 0 Å². The molecule has 1 saturated heterocycles. The molecular weight excluding hydrogens is 416 g/mol. The van der Waals surface area contributed by atoms with Crippen molar-refractivity contribution in [2.45, 2.75) is 24.6 Å². The van der Waals surface area contributed by atoms with Crippen LogP contribution in [0.4, 0.5) is 5.69 Å². The summed E-state index contributed by atoms with van der Waals surface area (Å²) < 4.78 is 0. The minimum absolute atomic E-state index is 0.0130. The molecule has 3 aromatic rings. The average Bonchev–Trinajstić information content (AvgIpc) is 3.17. The Kier molecular flexibility index (Phi) is 5.29. The van der Waals surface area contributed by atoms with Gasteiger partial charge in [0.1, 0.15) is 11.8 Å². The number of aliphatic hydroxyl groups is 1. The number of aromatic hydroxyl groups is 1. The van der Waals surface area contributed by atoms with E-state index in [2.05, 4.69) is 4.98 Å². The molecule has 1 fully saturated rings. The number of likely N-dealkylation sites (N-methyl/N-ethyl adjacent to an activating group) is 2. The zero-order chi connectivity index (χ0) is 23.2. The number of aromatic amines is 1. The highest BCUT2D eigenvalue weighted by molar-refractivity contribution is 6.00. The van der Waals surface area contributed by atoms with Gasteiger partial charge in [0.05, 0.1) is 5.69 Å². The van der Waals surface area contributed by atoms with Crippen molar-refractivity contribution < 1.29 is 25.0 Å². The number of carbonyl (C=O) groups excluding carboxylic acids is 2. The Hall–Kier alpha value is -3.60. The Bertz CT molecular complexity index is 1190. The molecule has 4 N–H and O–H groups in total. The van der Waals surface area contributed by atoms with Crippen molar-refractivity contribution in [3.63, 3.8) is 0 Å². The Morgan fingerprint density at radius 2 is 1.91 bits per heavy atom. The Morgan fingerprint density at radius 3 is 2.59 bits per heavy atom. The van der Waals surface area contributed by atoms with Gasteiger partial charge in [-0.2, -0.15) is 0 Å². The fraction of sp³-hybridized carbons (Fsp3) is 0.273. The number of H-pyrrole nitrogens is 1. The van der Waals surface area contributed by atoms with Crippen molar-refractivity contribution in [3.8, 4) is 5.75 Å². The molecule has 2 amide bonds. The van der Waals surface area contributed by atoms with Crippen LogP contribution in [-0.4, -0.2) is 67.9 Å². The van der Waals surface area contributed by atoms with E-state index in [1.54, 1.807) is 30.5 Å². The number of nitrogens with one attached hydrogen (secondary N) is 1. The van der Waals surface area contributed by atoms with Gasteiger partial charge >= 0.3 is 0 Å². The predicted octanol–water partition coefficient (Wildman–Crippen LogP) is 1.34. The standard InChI is InChI=1S/C22H23N4O6/c1-24-18(10-14-12-23-16-7-4-8-17(19(14)16)26(31)32)20(28)25(2)22(30,21(24)29)11-13-5-3-6-15(27)9-13/h3-9,12,18,23,27,30-31H,10-11H2,1-2H3/q-1. The van der Waals surface area contributed by atoms with E-state index in [4.69, 9.17) is 0 Å². The summed E-state index contributed by atoms with van der Waals surface area (Å²) >= 11 is 0. The van der Waals surface area contributed by atoms with Crippen molar-refractivity contribution >= 4 is 28.4 Å². The molecule has 32 heavy (non-hydrogen) atoms. The van der Waals surface area contributed by atoms with Crippen LogP contribution in [0.15, 0.2) is 48.7 Å². The highest BCUT2D eigenvalue weighted by Gasteiger charge is 2.53. The maximum Gasteiger partial charge on any atom is 0.276 e. The summed E-state index contributed by atoms with van der Waals surface area (Å²) in [6.07, 6.45) is 1.50. The predicted molar refractivity (Wildman–Crippen MR) is 116 cm³/mol. The Morgan fingerprint density at radius 1 is 1.19 bits per heavy atom. The zero-order valence-corrected chi connectivity index (χ0v) is 17.5. The molecule has 1 aromatic heterocycles. The lowest BCUT2D eigenvalue weighted by molar-refractivity contribution is -0.194. The van der Waals surface area contributed by atoms with Crippen LogP contribution < -0.4 is 5.23 Å². The van der Waals surface area contributed by atoms with E-state index < -0.39 is 23.6 Å². The number of benzene rings is 2. The lowest BCUT2D eigenvalue weighted by Crippen LogP contribution is -2.70.